The molecular formula is C17H20N6O. The minimum atomic E-state index is 0.244. The van der Waals surface area contributed by atoms with Gasteiger partial charge in [-0.1, -0.05) is 12.1 Å². The lowest BCUT2D eigenvalue weighted by molar-refractivity contribution is 0.414. The van der Waals surface area contributed by atoms with Crippen LogP contribution in [0.2, 0.25) is 0 Å². The van der Waals surface area contributed by atoms with Gasteiger partial charge in [-0.25, -0.2) is 9.97 Å². The van der Waals surface area contributed by atoms with E-state index in [1.165, 1.54) is 5.56 Å². The number of hydrogen-bond acceptors (Lipinski definition) is 6. The van der Waals surface area contributed by atoms with Crippen molar-refractivity contribution >= 4 is 5.95 Å². The Kier molecular flexibility index (Phi) is 4.41. The molecule has 7 nitrogen and oxygen atoms in total. The predicted molar refractivity (Wildman–Crippen MR) is 91.2 cm³/mol. The molecule has 0 saturated heterocycles. The number of nitrogens with two attached hydrogens (primary N) is 1. The van der Waals surface area contributed by atoms with Gasteiger partial charge in [-0.2, -0.15) is 9.67 Å². The third-order valence-electron chi connectivity index (χ3n) is 3.66. The van der Waals surface area contributed by atoms with E-state index in [1.54, 1.807) is 11.8 Å². The number of nitrogens with zero attached hydrogens (tertiary/aromatic N) is 5. The lowest BCUT2D eigenvalue weighted by atomic mass is 10.1. The molecule has 0 unspecified atom stereocenters. The maximum absolute atomic E-state index is 5.80. The van der Waals surface area contributed by atoms with Gasteiger partial charge in [0.1, 0.15) is 17.4 Å². The molecule has 0 fully saturated rings. The fraction of sp³-hybridized carbons (Fsp3) is 0.294. The van der Waals surface area contributed by atoms with Gasteiger partial charge in [0.15, 0.2) is 5.82 Å². The average Bonchev–Trinajstić information content (AvgIpc) is 2.93. The highest BCUT2D eigenvalue weighted by atomic mass is 16.5. The second kappa shape index (κ2) is 6.66. The molecule has 0 spiro atoms. The van der Waals surface area contributed by atoms with Gasteiger partial charge >= 0.3 is 0 Å². The summed E-state index contributed by atoms with van der Waals surface area (Å²) in [7, 11) is 1.66. The number of benzene rings is 1. The zero-order valence-corrected chi connectivity index (χ0v) is 14.0. The highest BCUT2D eigenvalue weighted by Gasteiger charge is 2.12. The van der Waals surface area contributed by atoms with Gasteiger partial charge in [0.05, 0.1) is 7.11 Å². The number of ether oxygens (including phenoxy) is 1. The molecule has 0 aliphatic carbocycles. The highest BCUT2D eigenvalue weighted by Crippen LogP contribution is 2.15. The normalized spacial score (nSPS) is 10.8. The Morgan fingerprint density at radius 2 is 1.79 bits per heavy atom. The zero-order chi connectivity index (χ0) is 17.1. The first-order valence-corrected chi connectivity index (χ1v) is 7.72. The summed E-state index contributed by atoms with van der Waals surface area (Å²) in [4.78, 5) is 13.1. The highest BCUT2D eigenvalue weighted by molar-refractivity contribution is 5.30. The number of hydrogen-bond donors (Lipinski definition) is 1. The van der Waals surface area contributed by atoms with Gasteiger partial charge in [0.2, 0.25) is 5.95 Å². The Balaban J connectivity index is 1.83. The van der Waals surface area contributed by atoms with E-state index in [1.807, 2.05) is 44.2 Å². The third-order valence-corrected chi connectivity index (χ3v) is 3.66. The Morgan fingerprint density at radius 1 is 1.04 bits per heavy atom. The van der Waals surface area contributed by atoms with Crippen LogP contribution in [-0.2, 0) is 12.8 Å². The molecule has 24 heavy (non-hydrogen) atoms. The van der Waals surface area contributed by atoms with E-state index in [0.717, 1.165) is 23.7 Å². The van der Waals surface area contributed by atoms with Crippen molar-refractivity contribution in [2.24, 2.45) is 0 Å². The number of anilines is 1. The van der Waals surface area contributed by atoms with Crippen molar-refractivity contribution in [3.05, 3.63) is 53.2 Å². The minimum Gasteiger partial charge on any atom is -0.497 e. The molecule has 3 aromatic rings. The second-order valence-electron chi connectivity index (χ2n) is 5.56. The molecule has 2 aromatic heterocycles. The molecule has 0 amide bonds. The van der Waals surface area contributed by atoms with E-state index >= 15 is 0 Å². The van der Waals surface area contributed by atoms with Gasteiger partial charge in [-0.05, 0) is 38.0 Å². The topological polar surface area (TPSA) is 91.7 Å². The number of methoxy groups -OCH3 is 1. The van der Waals surface area contributed by atoms with Crippen molar-refractivity contribution in [1.82, 2.24) is 24.7 Å². The van der Waals surface area contributed by atoms with Crippen LogP contribution >= 0.6 is 0 Å². The molecule has 0 saturated carbocycles. The summed E-state index contributed by atoms with van der Waals surface area (Å²) in [6.45, 7) is 3.78. The summed E-state index contributed by atoms with van der Waals surface area (Å²) >= 11 is 0. The molecule has 1 aromatic carbocycles. The molecule has 2 N–H and O–H groups in total. The first-order chi connectivity index (χ1) is 11.5. The van der Waals surface area contributed by atoms with Gasteiger partial charge in [-0.3, -0.25) is 0 Å². The number of aromatic nitrogens is 5. The van der Waals surface area contributed by atoms with E-state index in [2.05, 4.69) is 20.1 Å². The van der Waals surface area contributed by atoms with Crippen molar-refractivity contribution in [1.29, 1.82) is 0 Å². The molecule has 0 bridgehead atoms. The smallest absolute Gasteiger partial charge is 0.240 e. The van der Waals surface area contributed by atoms with Gasteiger partial charge in [-0.15, -0.1) is 5.10 Å². The van der Waals surface area contributed by atoms with E-state index in [4.69, 9.17) is 10.5 Å². The summed E-state index contributed by atoms with van der Waals surface area (Å²) in [5, 5.41) is 4.28. The number of aryl methyl sites for hydroxylation is 4. The van der Waals surface area contributed by atoms with E-state index in [9.17, 15) is 0 Å². The lowest BCUT2D eigenvalue weighted by Gasteiger charge is -2.07. The van der Waals surface area contributed by atoms with Crippen LogP contribution in [0.15, 0.2) is 30.3 Å². The van der Waals surface area contributed by atoms with Gasteiger partial charge in [0.25, 0.3) is 0 Å². The van der Waals surface area contributed by atoms with Crippen LogP contribution in [0, 0.1) is 13.8 Å². The van der Waals surface area contributed by atoms with Crippen molar-refractivity contribution in [2.45, 2.75) is 26.7 Å². The van der Waals surface area contributed by atoms with Crippen LogP contribution in [0.5, 0.6) is 5.75 Å². The summed E-state index contributed by atoms with van der Waals surface area (Å²) in [6.07, 6.45) is 1.53. The number of nitrogen functional groups attached to an aromatic ring is 1. The van der Waals surface area contributed by atoms with Crippen molar-refractivity contribution < 1.29 is 4.74 Å². The molecule has 0 atom stereocenters. The van der Waals surface area contributed by atoms with Crippen molar-refractivity contribution in [3.63, 3.8) is 0 Å². The van der Waals surface area contributed by atoms with Crippen LogP contribution < -0.4 is 10.5 Å². The molecule has 0 radical (unpaired) electrons. The Hall–Kier alpha value is -2.96. The quantitative estimate of drug-likeness (QED) is 0.772. The summed E-state index contributed by atoms with van der Waals surface area (Å²) in [5.74, 6) is 3.25. The van der Waals surface area contributed by atoms with Crippen LogP contribution in [0.1, 0.15) is 22.9 Å². The Labute approximate surface area is 140 Å². The predicted octanol–water partition coefficient (Wildman–Crippen LogP) is 2.05. The maximum Gasteiger partial charge on any atom is 0.240 e. The van der Waals surface area contributed by atoms with Crippen molar-refractivity contribution in [2.75, 3.05) is 12.8 Å². The molecule has 2 heterocycles. The zero-order valence-electron chi connectivity index (χ0n) is 14.0. The molecular weight excluding hydrogens is 304 g/mol. The molecule has 0 aliphatic heterocycles. The van der Waals surface area contributed by atoms with Crippen molar-refractivity contribution in [3.8, 4) is 11.6 Å². The SMILES string of the molecule is COc1ccc(CCc2nc(N)nn2-c2cc(C)nc(C)n2)cc1. The average molecular weight is 324 g/mol. The van der Waals surface area contributed by atoms with Crippen LogP contribution in [0.4, 0.5) is 5.95 Å². The van der Waals surface area contributed by atoms with E-state index in [0.29, 0.717) is 18.1 Å². The summed E-state index contributed by atoms with van der Waals surface area (Å²) in [6, 6.07) is 9.86. The molecule has 124 valence electrons. The fourth-order valence-electron chi connectivity index (χ4n) is 2.56. The van der Waals surface area contributed by atoms with E-state index in [-0.39, 0.29) is 5.95 Å². The van der Waals surface area contributed by atoms with Crippen LogP contribution in [-0.4, -0.2) is 31.8 Å². The Bertz CT molecular complexity index is 821. The van der Waals surface area contributed by atoms with Crippen LogP contribution in [0.3, 0.4) is 0 Å². The lowest BCUT2D eigenvalue weighted by Crippen LogP contribution is -2.08. The first-order valence-electron chi connectivity index (χ1n) is 7.72. The summed E-state index contributed by atoms with van der Waals surface area (Å²) < 4.78 is 6.87. The minimum absolute atomic E-state index is 0.244. The van der Waals surface area contributed by atoms with Gasteiger partial charge < -0.3 is 10.5 Å². The fourth-order valence-corrected chi connectivity index (χ4v) is 2.56. The monoisotopic (exact) mass is 324 g/mol. The summed E-state index contributed by atoms with van der Waals surface area (Å²) in [5.41, 5.74) is 7.87. The second-order valence-corrected chi connectivity index (χ2v) is 5.56. The molecule has 0 aliphatic rings. The standard InChI is InChI=1S/C17H20N6O/c1-11-10-16(20-12(2)19-11)23-15(21-17(18)22-23)9-6-13-4-7-14(24-3)8-5-13/h4-5,7-8,10H,6,9H2,1-3H3,(H2,18,22). The number of rotatable bonds is 5. The molecule has 3 rings (SSSR count). The molecule has 7 heteroatoms. The van der Waals surface area contributed by atoms with Crippen LogP contribution in [0.25, 0.3) is 5.82 Å². The Morgan fingerprint density at radius 3 is 2.46 bits per heavy atom. The largest absolute Gasteiger partial charge is 0.497 e. The first kappa shape index (κ1) is 15.9. The van der Waals surface area contributed by atoms with Gasteiger partial charge in [0, 0.05) is 18.2 Å². The van der Waals surface area contributed by atoms with E-state index < -0.39 is 0 Å². The maximum atomic E-state index is 5.80. The third kappa shape index (κ3) is 3.51.